The van der Waals surface area contributed by atoms with Crippen molar-refractivity contribution in [2.75, 3.05) is 0 Å². The average molecular weight is 272 g/mol. The van der Waals surface area contributed by atoms with E-state index in [0.29, 0.717) is 5.92 Å². The second kappa shape index (κ2) is 5.69. The third kappa shape index (κ3) is 2.93. The van der Waals surface area contributed by atoms with Gasteiger partial charge in [-0.3, -0.25) is 10.1 Å². The quantitative estimate of drug-likeness (QED) is 0.618. The standard InChI is InChI=1S/C15H16N2O3/c1-10(2)13-7-4-12(5-8-13)6-9-14-15(17(18)19)11(3)20-16-14/h4-10H,1-3H3. The van der Waals surface area contributed by atoms with Gasteiger partial charge in [-0.15, -0.1) is 0 Å². The minimum absolute atomic E-state index is 0.0833. The molecular weight excluding hydrogens is 256 g/mol. The molecule has 5 heteroatoms. The first-order chi connectivity index (χ1) is 9.49. The molecule has 0 fully saturated rings. The molecule has 1 aromatic carbocycles. The van der Waals surface area contributed by atoms with E-state index >= 15 is 0 Å². The van der Waals surface area contributed by atoms with Crippen molar-refractivity contribution >= 4 is 17.8 Å². The zero-order chi connectivity index (χ0) is 14.7. The molecule has 0 aliphatic rings. The highest BCUT2D eigenvalue weighted by Crippen LogP contribution is 2.24. The van der Waals surface area contributed by atoms with Gasteiger partial charge in [-0.2, -0.15) is 0 Å². The highest BCUT2D eigenvalue weighted by atomic mass is 16.6. The van der Waals surface area contributed by atoms with Crippen LogP contribution in [-0.2, 0) is 0 Å². The number of aryl methyl sites for hydroxylation is 1. The predicted molar refractivity (Wildman–Crippen MR) is 77.4 cm³/mol. The molecule has 20 heavy (non-hydrogen) atoms. The van der Waals surface area contributed by atoms with Gasteiger partial charge in [0.05, 0.1) is 4.92 Å². The number of rotatable bonds is 4. The first-order valence-electron chi connectivity index (χ1n) is 6.37. The lowest BCUT2D eigenvalue weighted by molar-refractivity contribution is -0.386. The van der Waals surface area contributed by atoms with Gasteiger partial charge in [0.25, 0.3) is 0 Å². The molecule has 0 aliphatic carbocycles. The molecule has 104 valence electrons. The first-order valence-corrected chi connectivity index (χ1v) is 6.37. The lowest BCUT2D eigenvalue weighted by Gasteiger charge is -2.04. The van der Waals surface area contributed by atoms with Crippen molar-refractivity contribution in [2.45, 2.75) is 26.7 Å². The molecule has 0 aliphatic heterocycles. The molecule has 0 bridgehead atoms. The highest BCUT2D eigenvalue weighted by Gasteiger charge is 2.21. The van der Waals surface area contributed by atoms with E-state index in [2.05, 4.69) is 19.0 Å². The zero-order valence-corrected chi connectivity index (χ0v) is 11.7. The molecule has 0 spiro atoms. The van der Waals surface area contributed by atoms with Crippen molar-refractivity contribution in [3.05, 3.63) is 57.0 Å². The Bertz CT molecular complexity index is 640. The largest absolute Gasteiger partial charge is 0.354 e. The maximum absolute atomic E-state index is 10.9. The second-order valence-electron chi connectivity index (χ2n) is 4.88. The molecule has 1 aromatic heterocycles. The van der Waals surface area contributed by atoms with E-state index in [9.17, 15) is 10.1 Å². The maximum atomic E-state index is 10.9. The Morgan fingerprint density at radius 3 is 2.45 bits per heavy atom. The van der Waals surface area contributed by atoms with Crippen LogP contribution in [0.1, 0.15) is 42.3 Å². The molecule has 0 saturated carbocycles. The van der Waals surface area contributed by atoms with Crippen LogP contribution in [0.3, 0.4) is 0 Å². The second-order valence-corrected chi connectivity index (χ2v) is 4.88. The van der Waals surface area contributed by atoms with E-state index < -0.39 is 4.92 Å². The third-order valence-electron chi connectivity index (χ3n) is 3.08. The Labute approximate surface area is 117 Å². The summed E-state index contributed by atoms with van der Waals surface area (Å²) in [7, 11) is 0. The van der Waals surface area contributed by atoms with Crippen LogP contribution >= 0.6 is 0 Å². The van der Waals surface area contributed by atoms with Crippen LogP contribution < -0.4 is 0 Å². The molecule has 0 atom stereocenters. The molecule has 0 N–H and O–H groups in total. The topological polar surface area (TPSA) is 69.2 Å². The van der Waals surface area contributed by atoms with Gasteiger partial charge in [0.2, 0.25) is 5.76 Å². The van der Waals surface area contributed by atoms with Gasteiger partial charge in [-0.1, -0.05) is 49.3 Å². The SMILES string of the molecule is Cc1onc(C=Cc2ccc(C(C)C)cc2)c1[N+](=O)[O-]. The molecule has 2 rings (SSSR count). The average Bonchev–Trinajstić information content (AvgIpc) is 2.78. The van der Waals surface area contributed by atoms with Crippen LogP contribution in [0.15, 0.2) is 28.8 Å². The van der Waals surface area contributed by atoms with Gasteiger partial charge in [-0.05, 0) is 23.1 Å². The number of nitro groups is 1. The number of nitrogens with zero attached hydrogens (tertiary/aromatic N) is 2. The molecule has 0 unspecified atom stereocenters. The summed E-state index contributed by atoms with van der Waals surface area (Å²) in [5.41, 5.74) is 2.37. The Hall–Kier alpha value is -2.43. The summed E-state index contributed by atoms with van der Waals surface area (Å²) in [6.45, 7) is 5.79. The molecule has 0 radical (unpaired) electrons. The molecule has 2 aromatic rings. The molecular formula is C15H16N2O3. The Morgan fingerprint density at radius 1 is 1.25 bits per heavy atom. The van der Waals surface area contributed by atoms with Gasteiger partial charge in [0, 0.05) is 6.92 Å². The highest BCUT2D eigenvalue weighted by molar-refractivity contribution is 5.72. The number of hydrogen-bond acceptors (Lipinski definition) is 4. The molecule has 0 amide bonds. The molecule has 5 nitrogen and oxygen atoms in total. The smallest absolute Gasteiger partial charge is 0.338 e. The van der Waals surface area contributed by atoms with E-state index in [4.69, 9.17) is 4.52 Å². The van der Waals surface area contributed by atoms with Crippen molar-refractivity contribution < 1.29 is 9.45 Å². The predicted octanol–water partition coefficient (Wildman–Crippen LogP) is 4.19. The van der Waals surface area contributed by atoms with Crippen LogP contribution in [0.2, 0.25) is 0 Å². The summed E-state index contributed by atoms with van der Waals surface area (Å²) in [6, 6.07) is 8.05. The van der Waals surface area contributed by atoms with Crippen LogP contribution in [0.5, 0.6) is 0 Å². The summed E-state index contributed by atoms with van der Waals surface area (Å²) in [5.74, 6) is 0.692. The van der Waals surface area contributed by atoms with Crippen molar-refractivity contribution in [1.82, 2.24) is 5.16 Å². The fourth-order valence-electron chi connectivity index (χ4n) is 1.88. The van der Waals surface area contributed by atoms with E-state index in [1.54, 1.807) is 12.2 Å². The first kappa shape index (κ1) is 14.0. The number of hydrogen-bond donors (Lipinski definition) is 0. The maximum Gasteiger partial charge on any atom is 0.338 e. The third-order valence-corrected chi connectivity index (χ3v) is 3.08. The van der Waals surface area contributed by atoms with Crippen LogP contribution in [-0.4, -0.2) is 10.1 Å². The van der Waals surface area contributed by atoms with E-state index in [1.165, 1.54) is 12.5 Å². The van der Waals surface area contributed by atoms with Crippen LogP contribution in [0.25, 0.3) is 12.2 Å². The van der Waals surface area contributed by atoms with Crippen molar-refractivity contribution in [1.29, 1.82) is 0 Å². The summed E-state index contributed by atoms with van der Waals surface area (Å²) in [6.07, 6.45) is 3.38. The van der Waals surface area contributed by atoms with Gasteiger partial charge in [0.1, 0.15) is 0 Å². The Morgan fingerprint density at radius 2 is 1.90 bits per heavy atom. The van der Waals surface area contributed by atoms with Crippen molar-refractivity contribution in [3.8, 4) is 0 Å². The van der Waals surface area contributed by atoms with Gasteiger partial charge < -0.3 is 4.52 Å². The van der Waals surface area contributed by atoms with Crippen molar-refractivity contribution in [2.24, 2.45) is 0 Å². The zero-order valence-electron chi connectivity index (χ0n) is 11.7. The van der Waals surface area contributed by atoms with E-state index in [0.717, 1.165) is 5.56 Å². The summed E-state index contributed by atoms with van der Waals surface area (Å²) in [4.78, 5) is 10.4. The number of aromatic nitrogens is 1. The Balaban J connectivity index is 2.23. The van der Waals surface area contributed by atoms with Crippen molar-refractivity contribution in [3.63, 3.8) is 0 Å². The van der Waals surface area contributed by atoms with E-state index in [1.807, 2.05) is 24.3 Å². The fraction of sp³-hybridized carbons (Fsp3) is 0.267. The van der Waals surface area contributed by atoms with Crippen LogP contribution in [0, 0.1) is 17.0 Å². The van der Waals surface area contributed by atoms with Crippen LogP contribution in [0.4, 0.5) is 5.69 Å². The molecule has 0 saturated heterocycles. The van der Waals surface area contributed by atoms with Gasteiger partial charge in [0.15, 0.2) is 5.69 Å². The summed E-state index contributed by atoms with van der Waals surface area (Å²) >= 11 is 0. The monoisotopic (exact) mass is 272 g/mol. The lowest BCUT2D eigenvalue weighted by atomic mass is 10.0. The number of benzene rings is 1. The summed E-state index contributed by atoms with van der Waals surface area (Å²) in [5, 5.41) is 14.6. The normalized spacial score (nSPS) is 11.4. The minimum Gasteiger partial charge on any atom is -0.354 e. The Kier molecular flexibility index (Phi) is 3.98. The van der Waals surface area contributed by atoms with Gasteiger partial charge >= 0.3 is 5.69 Å². The minimum atomic E-state index is -0.479. The van der Waals surface area contributed by atoms with E-state index in [-0.39, 0.29) is 17.1 Å². The summed E-state index contributed by atoms with van der Waals surface area (Å²) < 4.78 is 4.85. The van der Waals surface area contributed by atoms with Gasteiger partial charge in [-0.25, -0.2) is 0 Å². The fourth-order valence-corrected chi connectivity index (χ4v) is 1.88. The lowest BCUT2D eigenvalue weighted by Crippen LogP contribution is -1.90. The molecule has 1 heterocycles.